The highest BCUT2D eigenvalue weighted by atomic mass is 35.5. The van der Waals surface area contributed by atoms with E-state index in [0.29, 0.717) is 21.6 Å². The van der Waals surface area contributed by atoms with Crippen molar-refractivity contribution in [2.24, 2.45) is 0 Å². The van der Waals surface area contributed by atoms with Crippen LogP contribution in [0, 0.1) is 0 Å². The molecule has 140 valence electrons. The van der Waals surface area contributed by atoms with Crippen molar-refractivity contribution in [2.75, 3.05) is 32.1 Å². The van der Waals surface area contributed by atoms with E-state index in [9.17, 15) is 9.59 Å². The van der Waals surface area contributed by atoms with Crippen LogP contribution in [0.15, 0.2) is 18.2 Å². The summed E-state index contributed by atoms with van der Waals surface area (Å²) in [6.07, 6.45) is 0.212. The van der Waals surface area contributed by atoms with Crippen LogP contribution < -0.4 is 10.2 Å². The Morgan fingerprint density at radius 3 is 2.69 bits per heavy atom. The Bertz CT molecular complexity index is 825. The number of hydrogen-bond donors (Lipinski definition) is 3. The van der Waals surface area contributed by atoms with Gasteiger partial charge in [0.1, 0.15) is 31.0 Å². The molecule has 7 nitrogen and oxygen atoms in total. The standard InChI is InChI=1S/C18H22ClN3O4/c1-10-7-22(8-11(2)26-10)9-14(23)21-16-15-12(19)5-4-6-13(15)20-17(16)18(24)25-3/h4-6,10-11,20H,7-9H2,1-3H3,(H,21,23)/p+1/t10-,11-/m1/s1. The average Bonchev–Trinajstić information content (AvgIpc) is 2.92. The summed E-state index contributed by atoms with van der Waals surface area (Å²) in [6, 6.07) is 5.28. The number of methoxy groups -OCH3 is 1. The van der Waals surface area contributed by atoms with Gasteiger partial charge in [0, 0.05) is 10.9 Å². The highest BCUT2D eigenvalue weighted by Crippen LogP contribution is 2.33. The molecule has 1 aliphatic rings. The number of halogens is 1. The number of amides is 1. The summed E-state index contributed by atoms with van der Waals surface area (Å²) in [7, 11) is 1.29. The van der Waals surface area contributed by atoms with Gasteiger partial charge in [-0.15, -0.1) is 0 Å². The van der Waals surface area contributed by atoms with Crippen LogP contribution in [-0.2, 0) is 14.3 Å². The number of H-pyrrole nitrogens is 1. The molecule has 1 aromatic heterocycles. The Balaban J connectivity index is 1.85. The maximum atomic E-state index is 12.6. The Hall–Kier alpha value is -2.09. The van der Waals surface area contributed by atoms with Gasteiger partial charge in [0.25, 0.3) is 5.91 Å². The fourth-order valence-electron chi connectivity index (χ4n) is 3.53. The van der Waals surface area contributed by atoms with Crippen molar-refractivity contribution < 1.29 is 24.0 Å². The number of anilines is 1. The van der Waals surface area contributed by atoms with E-state index in [4.69, 9.17) is 21.1 Å². The van der Waals surface area contributed by atoms with Crippen molar-refractivity contribution in [3.8, 4) is 0 Å². The normalized spacial score (nSPS) is 23.0. The number of aromatic amines is 1. The fraction of sp³-hybridized carbons (Fsp3) is 0.444. The van der Waals surface area contributed by atoms with Crippen molar-refractivity contribution >= 4 is 40.1 Å². The first-order chi connectivity index (χ1) is 12.4. The van der Waals surface area contributed by atoms with E-state index in [2.05, 4.69) is 10.3 Å². The Morgan fingerprint density at radius 1 is 1.35 bits per heavy atom. The maximum absolute atomic E-state index is 12.6. The van der Waals surface area contributed by atoms with Gasteiger partial charge in [-0.1, -0.05) is 17.7 Å². The highest BCUT2D eigenvalue weighted by Gasteiger charge is 2.28. The van der Waals surface area contributed by atoms with Gasteiger partial charge in [0.2, 0.25) is 0 Å². The highest BCUT2D eigenvalue weighted by molar-refractivity contribution is 6.37. The van der Waals surface area contributed by atoms with E-state index in [1.54, 1.807) is 18.2 Å². The van der Waals surface area contributed by atoms with Crippen LogP contribution in [0.2, 0.25) is 5.02 Å². The summed E-state index contributed by atoms with van der Waals surface area (Å²) in [5.74, 6) is -0.749. The van der Waals surface area contributed by atoms with E-state index in [0.717, 1.165) is 18.0 Å². The van der Waals surface area contributed by atoms with Crippen LogP contribution in [0.25, 0.3) is 10.9 Å². The molecule has 0 radical (unpaired) electrons. The minimum Gasteiger partial charge on any atom is -0.464 e. The number of fused-ring (bicyclic) bond motifs is 1. The second kappa shape index (κ2) is 7.65. The smallest absolute Gasteiger partial charge is 0.356 e. The number of rotatable bonds is 4. The first-order valence-electron chi connectivity index (χ1n) is 8.56. The number of esters is 1. The number of carbonyl (C=O) groups excluding carboxylic acids is 2. The van der Waals surface area contributed by atoms with Crippen LogP contribution in [0.5, 0.6) is 0 Å². The number of quaternary nitrogens is 1. The number of ether oxygens (including phenoxy) is 2. The van der Waals surface area contributed by atoms with Crippen molar-refractivity contribution in [1.82, 2.24) is 4.98 Å². The summed E-state index contributed by atoms with van der Waals surface area (Å²) >= 11 is 6.29. The number of benzene rings is 1. The topological polar surface area (TPSA) is 84.9 Å². The van der Waals surface area contributed by atoms with Crippen LogP contribution >= 0.6 is 11.6 Å². The van der Waals surface area contributed by atoms with Gasteiger partial charge in [-0.05, 0) is 26.0 Å². The predicted octanol–water partition coefficient (Wildman–Crippen LogP) is 1.24. The predicted molar refractivity (Wildman–Crippen MR) is 98.9 cm³/mol. The van der Waals surface area contributed by atoms with Crippen molar-refractivity contribution in [2.45, 2.75) is 26.1 Å². The third-order valence-electron chi connectivity index (χ3n) is 4.45. The van der Waals surface area contributed by atoms with E-state index < -0.39 is 5.97 Å². The molecule has 1 amide bonds. The largest absolute Gasteiger partial charge is 0.464 e. The first-order valence-corrected chi connectivity index (χ1v) is 8.94. The summed E-state index contributed by atoms with van der Waals surface area (Å²) < 4.78 is 10.5. The molecule has 2 heterocycles. The number of carbonyl (C=O) groups is 2. The van der Waals surface area contributed by atoms with Crippen molar-refractivity contribution in [3.05, 3.63) is 28.9 Å². The molecule has 0 spiro atoms. The van der Waals surface area contributed by atoms with E-state index in [1.807, 2.05) is 13.8 Å². The Morgan fingerprint density at radius 2 is 2.04 bits per heavy atom. The van der Waals surface area contributed by atoms with E-state index in [1.165, 1.54) is 7.11 Å². The molecule has 1 aromatic carbocycles. The summed E-state index contributed by atoms with van der Waals surface area (Å²) in [4.78, 5) is 28.8. The molecular weight excluding hydrogens is 358 g/mol. The van der Waals surface area contributed by atoms with E-state index >= 15 is 0 Å². The lowest BCUT2D eigenvalue weighted by atomic mass is 10.2. The monoisotopic (exact) mass is 380 g/mol. The van der Waals surface area contributed by atoms with Gasteiger partial charge in [-0.2, -0.15) is 0 Å². The Labute approximate surface area is 156 Å². The van der Waals surface area contributed by atoms with Gasteiger partial charge >= 0.3 is 5.97 Å². The molecule has 0 aliphatic carbocycles. The minimum absolute atomic E-state index is 0.106. The molecule has 0 bridgehead atoms. The second-order valence-corrected chi connectivity index (χ2v) is 7.08. The van der Waals surface area contributed by atoms with Gasteiger partial charge in [-0.3, -0.25) is 4.79 Å². The third kappa shape index (κ3) is 3.85. The molecule has 3 N–H and O–H groups in total. The molecule has 0 saturated carbocycles. The van der Waals surface area contributed by atoms with Gasteiger partial charge in [0.05, 0.1) is 17.8 Å². The second-order valence-electron chi connectivity index (χ2n) is 6.67. The molecule has 1 fully saturated rings. The lowest BCUT2D eigenvalue weighted by Gasteiger charge is -2.31. The van der Waals surface area contributed by atoms with Crippen molar-refractivity contribution in [3.63, 3.8) is 0 Å². The third-order valence-corrected chi connectivity index (χ3v) is 4.77. The van der Waals surface area contributed by atoms with Crippen LogP contribution in [-0.4, -0.2) is 55.8 Å². The molecule has 1 aliphatic heterocycles. The maximum Gasteiger partial charge on any atom is 0.356 e. The number of hydrogen-bond acceptors (Lipinski definition) is 4. The zero-order valence-corrected chi connectivity index (χ0v) is 15.8. The molecule has 0 unspecified atom stereocenters. The lowest BCUT2D eigenvalue weighted by molar-refractivity contribution is -0.907. The molecule has 2 aromatic rings. The zero-order valence-electron chi connectivity index (χ0n) is 15.0. The SMILES string of the molecule is COC(=O)c1[nH]c2cccc(Cl)c2c1NC(=O)C[NH+]1C[C@@H](C)O[C@H](C)C1. The minimum atomic E-state index is -0.562. The van der Waals surface area contributed by atoms with Crippen molar-refractivity contribution in [1.29, 1.82) is 0 Å². The summed E-state index contributed by atoms with van der Waals surface area (Å²) in [5.41, 5.74) is 1.20. The molecular formula is C18H23ClN3O4+. The number of aromatic nitrogens is 1. The zero-order chi connectivity index (χ0) is 18.8. The van der Waals surface area contributed by atoms with E-state index in [-0.39, 0.29) is 30.4 Å². The summed E-state index contributed by atoms with van der Waals surface area (Å²) in [5, 5.41) is 3.90. The quantitative estimate of drug-likeness (QED) is 0.697. The molecule has 1 saturated heterocycles. The van der Waals surface area contributed by atoms with Gasteiger partial charge in [0.15, 0.2) is 6.54 Å². The molecule has 26 heavy (non-hydrogen) atoms. The van der Waals surface area contributed by atoms with Crippen LogP contribution in [0.1, 0.15) is 24.3 Å². The Kier molecular flexibility index (Phi) is 5.50. The molecule has 3 rings (SSSR count). The summed E-state index contributed by atoms with van der Waals surface area (Å²) in [6.45, 7) is 5.81. The van der Waals surface area contributed by atoms with Gasteiger partial charge < -0.3 is 24.7 Å². The number of morpholine rings is 1. The molecule has 2 atom stereocenters. The first kappa shape index (κ1) is 18.7. The number of nitrogens with one attached hydrogen (secondary N) is 3. The van der Waals surface area contributed by atoms with Crippen LogP contribution in [0.4, 0.5) is 5.69 Å². The van der Waals surface area contributed by atoms with Gasteiger partial charge in [-0.25, -0.2) is 4.79 Å². The lowest BCUT2D eigenvalue weighted by Crippen LogP contribution is -3.16. The average molecular weight is 381 g/mol. The fourth-order valence-corrected chi connectivity index (χ4v) is 3.80. The van der Waals surface area contributed by atoms with Crippen LogP contribution in [0.3, 0.4) is 0 Å². The molecule has 8 heteroatoms.